The number of nitrogens with one attached hydrogen (secondary N) is 3. The summed E-state index contributed by atoms with van der Waals surface area (Å²) in [6.45, 7) is 7.77. The smallest absolute Gasteiger partial charge is 0.407 e. The third kappa shape index (κ3) is 7.92. The van der Waals surface area contributed by atoms with Crippen LogP contribution in [-0.2, 0) is 20.8 Å². The highest BCUT2D eigenvalue weighted by Gasteiger charge is 2.46. The molecule has 2 heterocycles. The van der Waals surface area contributed by atoms with Crippen molar-refractivity contribution in [2.24, 2.45) is 11.8 Å². The van der Waals surface area contributed by atoms with Gasteiger partial charge in [-0.15, -0.1) is 0 Å². The fourth-order valence-electron chi connectivity index (χ4n) is 7.54. The third-order valence-electron chi connectivity index (χ3n) is 9.91. The third-order valence-corrected chi connectivity index (χ3v) is 9.91. The van der Waals surface area contributed by atoms with Gasteiger partial charge in [0, 0.05) is 29.7 Å². The summed E-state index contributed by atoms with van der Waals surface area (Å²) < 4.78 is 26.3. The number of rotatable bonds is 9. The fourth-order valence-corrected chi connectivity index (χ4v) is 7.54. The number of nitrogens with zero attached hydrogens (tertiary/aromatic N) is 1. The topological polar surface area (TPSA) is 130 Å². The van der Waals surface area contributed by atoms with E-state index < -0.39 is 35.4 Å². The molecule has 1 aliphatic heterocycles. The molecule has 3 aromatic rings. The number of fused-ring (bicyclic) bond motifs is 1. The Kier molecular flexibility index (Phi) is 9.99. The summed E-state index contributed by atoms with van der Waals surface area (Å²) in [7, 11) is 0. The molecule has 3 aliphatic rings. The Bertz CT molecular complexity index is 1740. The number of aromatic nitrogens is 1. The highest BCUT2D eigenvalue weighted by Crippen LogP contribution is 2.44. The van der Waals surface area contributed by atoms with E-state index in [1.807, 2.05) is 0 Å². The molecule has 49 heavy (non-hydrogen) atoms. The maximum Gasteiger partial charge on any atom is 0.407 e. The van der Waals surface area contributed by atoms with Crippen molar-refractivity contribution in [3.8, 4) is 0 Å². The zero-order chi connectivity index (χ0) is 34.9. The maximum atomic E-state index is 15.9. The van der Waals surface area contributed by atoms with Gasteiger partial charge >= 0.3 is 12.1 Å². The number of benzene rings is 2. The molecular weight excluding hydrogens is 627 g/mol. The van der Waals surface area contributed by atoms with Crippen LogP contribution in [0.5, 0.6) is 0 Å². The van der Waals surface area contributed by atoms with Crippen LogP contribution in [0.4, 0.5) is 14.9 Å². The van der Waals surface area contributed by atoms with E-state index in [0.717, 1.165) is 61.4 Å². The molecule has 2 aliphatic carbocycles. The summed E-state index contributed by atoms with van der Waals surface area (Å²) in [6.07, 6.45) is 7.27. The van der Waals surface area contributed by atoms with Crippen LogP contribution in [0, 0.1) is 17.7 Å². The van der Waals surface area contributed by atoms with Gasteiger partial charge in [0.05, 0.1) is 12.2 Å². The minimum absolute atomic E-state index is 0.0427. The van der Waals surface area contributed by atoms with Gasteiger partial charge in [0.2, 0.25) is 5.91 Å². The summed E-state index contributed by atoms with van der Waals surface area (Å²) in [5.41, 5.74) is 2.33. The number of halogens is 1. The Balaban J connectivity index is 1.25. The number of carbonyl (C=O) groups is 4. The van der Waals surface area contributed by atoms with Crippen molar-refractivity contribution in [1.82, 2.24) is 15.2 Å². The molecule has 11 heteroatoms. The first-order valence-electron chi connectivity index (χ1n) is 17.6. The molecule has 0 unspecified atom stereocenters. The Hall–Kier alpha value is -4.41. The summed E-state index contributed by atoms with van der Waals surface area (Å²) in [5, 5.41) is 6.50. The maximum absolute atomic E-state index is 15.9. The summed E-state index contributed by atoms with van der Waals surface area (Å²) >= 11 is 0. The zero-order valence-electron chi connectivity index (χ0n) is 28.8. The van der Waals surface area contributed by atoms with Crippen LogP contribution in [0.2, 0.25) is 0 Å². The van der Waals surface area contributed by atoms with Gasteiger partial charge in [-0.25, -0.2) is 14.0 Å². The van der Waals surface area contributed by atoms with Crippen LogP contribution < -0.4 is 10.6 Å². The largest absolute Gasteiger partial charge is 0.461 e. The molecule has 1 saturated heterocycles. The van der Waals surface area contributed by atoms with E-state index in [1.54, 1.807) is 62.9 Å². The van der Waals surface area contributed by atoms with Gasteiger partial charge in [-0.2, -0.15) is 0 Å². The van der Waals surface area contributed by atoms with E-state index >= 15 is 4.39 Å². The van der Waals surface area contributed by atoms with Crippen LogP contribution in [0.1, 0.15) is 117 Å². The number of aromatic amines is 1. The van der Waals surface area contributed by atoms with Crippen LogP contribution in [0.3, 0.4) is 0 Å². The second kappa shape index (κ2) is 14.2. The number of hydrogen-bond donors (Lipinski definition) is 3. The number of esters is 1. The molecule has 2 atom stereocenters. The van der Waals surface area contributed by atoms with Crippen LogP contribution >= 0.6 is 0 Å². The lowest BCUT2D eigenvalue weighted by atomic mass is 9.76. The van der Waals surface area contributed by atoms with Gasteiger partial charge in [0.25, 0.3) is 5.91 Å². The van der Waals surface area contributed by atoms with Gasteiger partial charge in [0.15, 0.2) is 0 Å². The SMILES string of the molecule is CCOC(=O)c1cc2cc(NC(=O)[C@@H]3[C@H](C4CCCCC4)CCN3C(=O)c3cc(C4CC4)c(CNC(=O)OC(C)(C)C)cc3F)ccc2[nH]1. The molecule has 262 valence electrons. The second-order valence-electron chi connectivity index (χ2n) is 14.6. The van der Waals surface area contributed by atoms with Crippen molar-refractivity contribution in [2.45, 2.75) is 103 Å². The number of carbonyl (C=O) groups excluding carboxylic acids is 4. The first kappa shape index (κ1) is 34.5. The molecule has 1 aromatic heterocycles. The first-order chi connectivity index (χ1) is 23.4. The van der Waals surface area contributed by atoms with Crippen LogP contribution in [-0.4, -0.2) is 58.6 Å². The quantitative estimate of drug-likeness (QED) is 0.203. The Morgan fingerprint density at radius 2 is 1.73 bits per heavy atom. The van der Waals surface area contributed by atoms with Gasteiger partial charge in [0.1, 0.15) is 23.2 Å². The Labute approximate surface area is 286 Å². The van der Waals surface area contributed by atoms with Crippen molar-refractivity contribution in [3.05, 3.63) is 64.6 Å². The Morgan fingerprint density at radius 3 is 2.43 bits per heavy atom. The molecule has 2 aromatic carbocycles. The standard InChI is InChI=1S/C38H47FN4O6/c1-5-48-36(46)32-19-24-17-26(13-14-31(24)42-32)41-34(44)33-27(22-9-7-6-8-10-22)15-16-43(33)35(45)29-20-28(23-11-12-23)25(18-30(29)39)21-40-37(47)49-38(2,3)4/h13-14,17-20,22-23,27,33,42H,5-12,15-16,21H2,1-4H3,(H,40,47)(H,41,44)/t27-,33-/m0/s1. The minimum Gasteiger partial charge on any atom is -0.461 e. The average Bonchev–Trinajstić information content (AvgIpc) is 3.65. The number of likely N-dealkylation sites (tertiary alicyclic amines) is 1. The normalized spacial score (nSPS) is 19.9. The van der Waals surface area contributed by atoms with E-state index in [2.05, 4.69) is 15.6 Å². The summed E-state index contributed by atoms with van der Waals surface area (Å²) in [6, 6.07) is 9.24. The lowest BCUT2D eigenvalue weighted by Crippen LogP contribution is -2.47. The molecule has 0 spiro atoms. The lowest BCUT2D eigenvalue weighted by Gasteiger charge is -2.33. The molecule has 0 radical (unpaired) electrons. The van der Waals surface area contributed by atoms with Crippen molar-refractivity contribution in [2.75, 3.05) is 18.5 Å². The molecule has 2 saturated carbocycles. The van der Waals surface area contributed by atoms with Crippen molar-refractivity contribution in [3.63, 3.8) is 0 Å². The van der Waals surface area contributed by atoms with E-state index in [9.17, 15) is 19.2 Å². The van der Waals surface area contributed by atoms with Gasteiger partial charge in [-0.3, -0.25) is 9.59 Å². The summed E-state index contributed by atoms with van der Waals surface area (Å²) in [5.74, 6) is -1.49. The molecule has 3 amide bonds. The van der Waals surface area contributed by atoms with Crippen molar-refractivity contribution >= 4 is 40.5 Å². The predicted octanol–water partition coefficient (Wildman–Crippen LogP) is 7.44. The number of hydrogen-bond acceptors (Lipinski definition) is 6. The summed E-state index contributed by atoms with van der Waals surface area (Å²) in [4.78, 5) is 57.6. The average molecular weight is 675 g/mol. The molecule has 3 fully saturated rings. The van der Waals surface area contributed by atoms with Crippen molar-refractivity contribution in [1.29, 1.82) is 0 Å². The lowest BCUT2D eigenvalue weighted by molar-refractivity contribution is -0.121. The number of anilines is 1. The number of amides is 3. The monoisotopic (exact) mass is 674 g/mol. The minimum atomic E-state index is -0.759. The van der Waals surface area contributed by atoms with Gasteiger partial charge < -0.3 is 30.0 Å². The highest BCUT2D eigenvalue weighted by atomic mass is 19.1. The van der Waals surface area contributed by atoms with Gasteiger partial charge in [-0.05, 0) is 112 Å². The van der Waals surface area contributed by atoms with E-state index in [-0.39, 0.29) is 36.5 Å². The number of alkyl carbamates (subject to hydrolysis) is 1. The molecule has 10 nitrogen and oxygen atoms in total. The zero-order valence-corrected chi connectivity index (χ0v) is 28.8. The second-order valence-corrected chi connectivity index (χ2v) is 14.6. The predicted molar refractivity (Wildman–Crippen MR) is 184 cm³/mol. The molecule has 0 bridgehead atoms. The molecular formula is C38H47FN4O6. The van der Waals surface area contributed by atoms with E-state index in [0.29, 0.717) is 35.8 Å². The Morgan fingerprint density at radius 1 is 0.980 bits per heavy atom. The fraction of sp³-hybridized carbons (Fsp3) is 0.526. The van der Waals surface area contributed by atoms with Gasteiger partial charge in [-0.1, -0.05) is 32.1 Å². The van der Waals surface area contributed by atoms with E-state index in [1.165, 1.54) is 6.07 Å². The van der Waals surface area contributed by atoms with E-state index in [4.69, 9.17) is 9.47 Å². The molecule has 6 rings (SSSR count). The number of ether oxygens (including phenoxy) is 2. The van der Waals surface area contributed by atoms with Crippen LogP contribution in [0.15, 0.2) is 36.4 Å². The van der Waals surface area contributed by atoms with Crippen LogP contribution in [0.25, 0.3) is 10.9 Å². The van der Waals surface area contributed by atoms with Crippen molar-refractivity contribution < 1.29 is 33.0 Å². The first-order valence-corrected chi connectivity index (χ1v) is 17.6. The number of H-pyrrole nitrogens is 1. The molecule has 3 N–H and O–H groups in total. The highest BCUT2D eigenvalue weighted by molar-refractivity contribution is 6.03.